The number of halogens is 2. The molecule has 0 radical (unpaired) electrons. The first kappa shape index (κ1) is 17.8. The van der Waals surface area contributed by atoms with E-state index in [0.717, 1.165) is 0 Å². The van der Waals surface area contributed by atoms with Gasteiger partial charge < -0.3 is 15.4 Å². The Bertz CT molecular complexity index is 909. The number of rotatable bonds is 5. The van der Waals surface area contributed by atoms with Gasteiger partial charge in [0.15, 0.2) is 0 Å². The van der Waals surface area contributed by atoms with Crippen molar-refractivity contribution in [2.24, 2.45) is 0 Å². The summed E-state index contributed by atoms with van der Waals surface area (Å²) in [6.07, 6.45) is 3.06. The van der Waals surface area contributed by atoms with Gasteiger partial charge >= 0.3 is 6.03 Å². The zero-order chi connectivity index (χ0) is 18.5. The monoisotopic (exact) mass is 374 g/mol. The lowest BCUT2D eigenvalue weighted by molar-refractivity contribution is 0.262. The van der Waals surface area contributed by atoms with Crippen LogP contribution in [0.5, 0.6) is 5.75 Å². The molecule has 2 amide bonds. The van der Waals surface area contributed by atoms with Gasteiger partial charge in [0.2, 0.25) is 0 Å². The molecular weight excluding hydrogens is 359 g/mol. The minimum Gasteiger partial charge on any atom is -0.497 e. The van der Waals surface area contributed by atoms with Gasteiger partial charge in [-0.25, -0.2) is 9.18 Å². The molecule has 3 rings (SSSR count). The van der Waals surface area contributed by atoms with Crippen molar-refractivity contribution in [2.45, 2.75) is 6.54 Å². The highest BCUT2D eigenvalue weighted by Gasteiger charge is 2.10. The molecule has 0 aliphatic heterocycles. The summed E-state index contributed by atoms with van der Waals surface area (Å²) in [6.45, 7) is 0.157. The van der Waals surface area contributed by atoms with Gasteiger partial charge in [-0.3, -0.25) is 4.68 Å². The normalized spacial score (nSPS) is 10.4. The Labute approximate surface area is 154 Å². The van der Waals surface area contributed by atoms with Crippen LogP contribution < -0.4 is 15.4 Å². The average molecular weight is 375 g/mol. The maximum Gasteiger partial charge on any atom is 0.323 e. The Balaban J connectivity index is 1.63. The van der Waals surface area contributed by atoms with Gasteiger partial charge in [-0.2, -0.15) is 5.10 Å². The molecule has 2 aromatic carbocycles. The summed E-state index contributed by atoms with van der Waals surface area (Å²) in [6, 6.07) is 11.1. The van der Waals surface area contributed by atoms with Gasteiger partial charge in [0.05, 0.1) is 25.5 Å². The Kier molecular flexibility index (Phi) is 5.38. The Morgan fingerprint density at radius 1 is 1.23 bits per heavy atom. The fourth-order valence-corrected chi connectivity index (χ4v) is 2.58. The van der Waals surface area contributed by atoms with Crippen LogP contribution in [0.2, 0.25) is 5.02 Å². The summed E-state index contributed by atoms with van der Waals surface area (Å²) in [5.41, 5.74) is 1.40. The maximum absolute atomic E-state index is 13.8. The van der Waals surface area contributed by atoms with E-state index in [1.807, 2.05) is 0 Å². The fourth-order valence-electron chi connectivity index (χ4n) is 2.35. The van der Waals surface area contributed by atoms with Crippen LogP contribution in [-0.2, 0) is 6.54 Å². The molecule has 1 aromatic heterocycles. The highest BCUT2D eigenvalue weighted by molar-refractivity contribution is 6.31. The molecule has 0 aliphatic carbocycles. The van der Waals surface area contributed by atoms with Crippen molar-refractivity contribution in [3.05, 3.63) is 71.3 Å². The van der Waals surface area contributed by atoms with Crippen molar-refractivity contribution in [3.63, 3.8) is 0 Å². The van der Waals surface area contributed by atoms with Crippen molar-refractivity contribution in [1.29, 1.82) is 0 Å². The quantitative estimate of drug-likeness (QED) is 0.696. The predicted molar refractivity (Wildman–Crippen MR) is 98.4 cm³/mol. The van der Waals surface area contributed by atoms with Gasteiger partial charge in [0.1, 0.15) is 11.6 Å². The van der Waals surface area contributed by atoms with Crippen LogP contribution in [0.3, 0.4) is 0 Å². The van der Waals surface area contributed by atoms with E-state index >= 15 is 0 Å². The number of anilines is 2. The van der Waals surface area contributed by atoms with E-state index in [9.17, 15) is 9.18 Å². The highest BCUT2D eigenvalue weighted by Crippen LogP contribution is 2.21. The van der Waals surface area contributed by atoms with Gasteiger partial charge in [-0.1, -0.05) is 23.7 Å². The highest BCUT2D eigenvalue weighted by atomic mass is 35.5. The number of nitrogens with one attached hydrogen (secondary N) is 2. The molecule has 0 spiro atoms. The van der Waals surface area contributed by atoms with E-state index in [1.165, 1.54) is 16.9 Å². The SMILES string of the molecule is COc1cccc(NC(=O)Nc2cnn(Cc3c(F)cccc3Cl)c2)c1. The number of methoxy groups -OCH3 is 1. The molecule has 0 fully saturated rings. The number of benzene rings is 2. The number of amides is 2. The first-order valence-corrected chi connectivity index (χ1v) is 8.10. The van der Waals surface area contributed by atoms with Crippen molar-refractivity contribution in [2.75, 3.05) is 17.7 Å². The minimum atomic E-state index is -0.429. The lowest BCUT2D eigenvalue weighted by atomic mass is 10.2. The number of aromatic nitrogens is 2. The lowest BCUT2D eigenvalue weighted by Gasteiger charge is -2.07. The number of ether oxygens (including phenoxy) is 1. The molecule has 0 saturated heterocycles. The Morgan fingerprint density at radius 3 is 2.77 bits per heavy atom. The average Bonchev–Trinajstić information content (AvgIpc) is 3.05. The zero-order valence-electron chi connectivity index (χ0n) is 13.9. The van der Waals surface area contributed by atoms with Crippen molar-refractivity contribution >= 4 is 29.0 Å². The third kappa shape index (κ3) is 4.31. The molecule has 1 heterocycles. The smallest absolute Gasteiger partial charge is 0.323 e. The number of urea groups is 1. The number of nitrogens with zero attached hydrogens (tertiary/aromatic N) is 2. The van der Waals surface area contributed by atoms with Crippen LogP contribution in [0.1, 0.15) is 5.56 Å². The summed E-state index contributed by atoms with van der Waals surface area (Å²) in [7, 11) is 1.55. The molecule has 6 nitrogen and oxygen atoms in total. The van der Waals surface area contributed by atoms with Crippen LogP contribution in [0.25, 0.3) is 0 Å². The molecule has 0 atom stereocenters. The number of carbonyl (C=O) groups is 1. The molecule has 134 valence electrons. The van der Waals surface area contributed by atoms with Crippen molar-refractivity contribution < 1.29 is 13.9 Å². The minimum absolute atomic E-state index is 0.157. The van der Waals surface area contributed by atoms with Crippen LogP contribution in [0, 0.1) is 5.82 Å². The second-order valence-electron chi connectivity index (χ2n) is 5.44. The largest absolute Gasteiger partial charge is 0.497 e. The molecule has 26 heavy (non-hydrogen) atoms. The molecule has 0 bridgehead atoms. The van der Waals surface area contributed by atoms with Crippen LogP contribution in [0.15, 0.2) is 54.9 Å². The zero-order valence-corrected chi connectivity index (χ0v) is 14.6. The molecule has 8 heteroatoms. The second kappa shape index (κ2) is 7.88. The van der Waals surface area contributed by atoms with Crippen molar-refractivity contribution in [1.82, 2.24) is 9.78 Å². The summed E-state index contributed by atoms with van der Waals surface area (Å²) in [5.74, 6) is 0.232. The third-order valence-corrected chi connectivity index (χ3v) is 3.95. The van der Waals surface area contributed by atoms with E-state index < -0.39 is 11.8 Å². The number of hydrogen-bond donors (Lipinski definition) is 2. The number of carbonyl (C=O) groups excluding carboxylic acids is 1. The Morgan fingerprint density at radius 2 is 2.00 bits per heavy atom. The van der Waals surface area contributed by atoms with E-state index in [4.69, 9.17) is 16.3 Å². The van der Waals surface area contributed by atoms with E-state index in [2.05, 4.69) is 15.7 Å². The van der Waals surface area contributed by atoms with Crippen LogP contribution in [-0.4, -0.2) is 22.9 Å². The first-order valence-electron chi connectivity index (χ1n) is 7.72. The van der Waals surface area contributed by atoms with Gasteiger partial charge in [0.25, 0.3) is 0 Å². The van der Waals surface area contributed by atoms with Gasteiger partial charge in [-0.15, -0.1) is 0 Å². The first-order chi connectivity index (χ1) is 12.5. The molecular formula is C18H16ClFN4O2. The van der Waals surface area contributed by atoms with Crippen LogP contribution >= 0.6 is 11.6 Å². The summed E-state index contributed by atoms with van der Waals surface area (Å²) in [5, 5.41) is 9.79. The van der Waals surface area contributed by atoms with Gasteiger partial charge in [0, 0.05) is 28.5 Å². The number of hydrogen-bond acceptors (Lipinski definition) is 3. The van der Waals surface area contributed by atoms with Crippen molar-refractivity contribution in [3.8, 4) is 5.75 Å². The van der Waals surface area contributed by atoms with Gasteiger partial charge in [-0.05, 0) is 24.3 Å². The molecule has 0 unspecified atom stereocenters. The molecule has 3 aromatic rings. The summed E-state index contributed by atoms with van der Waals surface area (Å²) in [4.78, 5) is 12.1. The Hall–Kier alpha value is -3.06. The third-order valence-electron chi connectivity index (χ3n) is 3.60. The van der Waals surface area contributed by atoms with E-state index in [-0.39, 0.29) is 6.54 Å². The topological polar surface area (TPSA) is 68.2 Å². The second-order valence-corrected chi connectivity index (χ2v) is 5.85. The predicted octanol–water partition coefficient (Wildman–Crippen LogP) is 4.38. The maximum atomic E-state index is 13.8. The molecule has 2 N–H and O–H groups in total. The van der Waals surface area contributed by atoms with Crippen LogP contribution in [0.4, 0.5) is 20.6 Å². The standard InChI is InChI=1S/C18H16ClFN4O2/c1-26-14-5-2-4-12(8-14)22-18(25)23-13-9-21-24(10-13)11-15-16(19)6-3-7-17(15)20/h2-10H,11H2,1H3,(H2,22,23,25). The summed E-state index contributed by atoms with van der Waals surface area (Å²) < 4.78 is 20.4. The fraction of sp³-hybridized carbons (Fsp3) is 0.111. The van der Waals surface area contributed by atoms with E-state index in [1.54, 1.807) is 49.7 Å². The van der Waals surface area contributed by atoms with E-state index in [0.29, 0.717) is 27.7 Å². The molecule has 0 aliphatic rings. The summed E-state index contributed by atoms with van der Waals surface area (Å²) >= 11 is 6.01. The lowest BCUT2D eigenvalue weighted by Crippen LogP contribution is -2.19. The molecule has 0 saturated carbocycles.